The van der Waals surface area contributed by atoms with Crippen molar-refractivity contribution in [2.45, 2.75) is 46.2 Å². The molecule has 5 nitrogen and oxygen atoms in total. The summed E-state index contributed by atoms with van der Waals surface area (Å²) < 4.78 is 0. The first-order valence-corrected chi connectivity index (χ1v) is 8.23. The molecule has 5 heteroatoms. The summed E-state index contributed by atoms with van der Waals surface area (Å²) in [7, 11) is 1.76. The van der Waals surface area contributed by atoms with Gasteiger partial charge >= 0.3 is 0 Å². The van der Waals surface area contributed by atoms with E-state index < -0.39 is 6.04 Å². The van der Waals surface area contributed by atoms with Gasteiger partial charge in [-0.25, -0.2) is 0 Å². The third-order valence-electron chi connectivity index (χ3n) is 4.69. The molecule has 1 aromatic carbocycles. The van der Waals surface area contributed by atoms with Gasteiger partial charge in [0.15, 0.2) is 0 Å². The van der Waals surface area contributed by atoms with Crippen LogP contribution in [-0.4, -0.2) is 42.4 Å². The van der Waals surface area contributed by atoms with Crippen LogP contribution in [0, 0.1) is 12.8 Å². The van der Waals surface area contributed by atoms with Crippen LogP contribution in [0.15, 0.2) is 18.2 Å². The molecule has 0 aliphatic carbocycles. The topological polar surface area (TPSA) is 61.4 Å². The van der Waals surface area contributed by atoms with Gasteiger partial charge in [0.1, 0.15) is 6.04 Å². The number of likely N-dealkylation sites (N-methyl/N-ethyl adjacent to an activating group) is 1. The summed E-state index contributed by atoms with van der Waals surface area (Å²) in [4.78, 5) is 26.1. The zero-order valence-electron chi connectivity index (χ0n) is 14.6. The Balaban J connectivity index is 2.13. The fourth-order valence-corrected chi connectivity index (χ4v) is 2.64. The summed E-state index contributed by atoms with van der Waals surface area (Å²) >= 11 is 0. The molecule has 1 aliphatic rings. The van der Waals surface area contributed by atoms with E-state index in [1.54, 1.807) is 18.0 Å². The monoisotopic (exact) mass is 317 g/mol. The van der Waals surface area contributed by atoms with Crippen molar-refractivity contribution < 1.29 is 9.59 Å². The normalized spacial score (nSPS) is 19.1. The van der Waals surface area contributed by atoms with Gasteiger partial charge in [-0.3, -0.25) is 9.59 Å². The molecule has 1 heterocycles. The molecule has 1 saturated heterocycles. The molecule has 2 N–H and O–H groups in total. The molecule has 23 heavy (non-hydrogen) atoms. The Morgan fingerprint density at radius 3 is 2.57 bits per heavy atom. The van der Waals surface area contributed by atoms with E-state index in [1.165, 1.54) is 0 Å². The molecule has 0 saturated carbocycles. The van der Waals surface area contributed by atoms with Crippen molar-refractivity contribution in [2.24, 2.45) is 5.92 Å². The molecule has 0 spiro atoms. The lowest BCUT2D eigenvalue weighted by Crippen LogP contribution is -2.40. The van der Waals surface area contributed by atoms with Crippen molar-refractivity contribution in [2.75, 3.05) is 18.9 Å². The van der Waals surface area contributed by atoms with Crippen molar-refractivity contribution in [3.63, 3.8) is 0 Å². The van der Waals surface area contributed by atoms with Gasteiger partial charge in [-0.1, -0.05) is 19.9 Å². The van der Waals surface area contributed by atoms with Gasteiger partial charge in [-0.15, -0.1) is 0 Å². The standard InChI is InChI=1S/C18H27N3O2/c1-11(2)13(4)19-15-8-6-7-14(12(15)3)17(22)20-16-9-10-21(5)18(16)23/h6-8,11,13,16,19H,9-10H2,1-5H3,(H,20,22)/t13-,16-/m0/s1. The summed E-state index contributed by atoms with van der Waals surface area (Å²) in [6, 6.07) is 5.58. The Labute approximate surface area is 138 Å². The highest BCUT2D eigenvalue weighted by Crippen LogP contribution is 2.22. The molecule has 2 amide bonds. The van der Waals surface area contributed by atoms with Crippen LogP contribution >= 0.6 is 0 Å². The SMILES string of the molecule is Cc1c(N[C@@H](C)C(C)C)cccc1C(=O)N[C@H]1CCN(C)C1=O. The van der Waals surface area contributed by atoms with Gasteiger partial charge < -0.3 is 15.5 Å². The summed E-state index contributed by atoms with van der Waals surface area (Å²) in [6.07, 6.45) is 0.669. The number of carbonyl (C=O) groups is 2. The van der Waals surface area contributed by atoms with Crippen molar-refractivity contribution in [3.05, 3.63) is 29.3 Å². The smallest absolute Gasteiger partial charge is 0.252 e. The number of nitrogens with one attached hydrogen (secondary N) is 2. The van der Waals surface area contributed by atoms with E-state index in [9.17, 15) is 9.59 Å². The van der Waals surface area contributed by atoms with E-state index in [2.05, 4.69) is 31.4 Å². The first kappa shape index (κ1) is 17.3. The molecule has 0 aromatic heterocycles. The highest BCUT2D eigenvalue weighted by atomic mass is 16.2. The predicted molar refractivity (Wildman–Crippen MR) is 92.6 cm³/mol. The van der Waals surface area contributed by atoms with Gasteiger partial charge in [0.2, 0.25) is 5.91 Å². The van der Waals surface area contributed by atoms with Crippen molar-refractivity contribution in [1.29, 1.82) is 0 Å². The van der Waals surface area contributed by atoms with Gasteiger partial charge in [-0.2, -0.15) is 0 Å². The Morgan fingerprint density at radius 1 is 1.30 bits per heavy atom. The highest BCUT2D eigenvalue weighted by molar-refractivity contribution is 6.00. The molecular weight excluding hydrogens is 290 g/mol. The van der Waals surface area contributed by atoms with Crippen molar-refractivity contribution >= 4 is 17.5 Å². The minimum Gasteiger partial charge on any atom is -0.382 e. The van der Waals surface area contributed by atoms with Crippen LogP contribution in [0.3, 0.4) is 0 Å². The van der Waals surface area contributed by atoms with E-state index >= 15 is 0 Å². The van der Waals surface area contributed by atoms with Crippen LogP contribution in [0.4, 0.5) is 5.69 Å². The number of hydrogen-bond donors (Lipinski definition) is 2. The minimum absolute atomic E-state index is 0.0151. The van der Waals surface area contributed by atoms with Crippen LogP contribution in [0.5, 0.6) is 0 Å². The first-order valence-electron chi connectivity index (χ1n) is 8.23. The number of amides is 2. The lowest BCUT2D eigenvalue weighted by atomic mass is 10.0. The first-order chi connectivity index (χ1) is 10.8. The van der Waals surface area contributed by atoms with Gasteiger partial charge in [0, 0.05) is 30.9 Å². The third kappa shape index (κ3) is 3.84. The van der Waals surface area contributed by atoms with Gasteiger partial charge in [0.25, 0.3) is 5.91 Å². The maximum Gasteiger partial charge on any atom is 0.252 e. The summed E-state index contributed by atoms with van der Waals surface area (Å²) in [5.41, 5.74) is 2.50. The Morgan fingerprint density at radius 2 is 2.00 bits per heavy atom. The summed E-state index contributed by atoms with van der Waals surface area (Å²) in [5, 5.41) is 6.32. The maximum absolute atomic E-state index is 12.5. The second-order valence-corrected chi connectivity index (χ2v) is 6.73. The highest BCUT2D eigenvalue weighted by Gasteiger charge is 2.30. The summed E-state index contributed by atoms with van der Waals surface area (Å²) in [5.74, 6) is 0.300. The molecular formula is C18H27N3O2. The van der Waals surface area contributed by atoms with Crippen LogP contribution in [0.1, 0.15) is 43.1 Å². The molecule has 0 bridgehead atoms. The van der Waals surface area contributed by atoms with Crippen LogP contribution in [-0.2, 0) is 4.79 Å². The molecule has 2 atom stereocenters. The Hall–Kier alpha value is -2.04. The van der Waals surface area contributed by atoms with E-state index in [0.29, 0.717) is 30.5 Å². The van der Waals surface area contributed by atoms with E-state index in [0.717, 1.165) is 11.3 Å². The van der Waals surface area contributed by atoms with E-state index in [1.807, 2.05) is 19.1 Å². The van der Waals surface area contributed by atoms with Gasteiger partial charge in [0.05, 0.1) is 0 Å². The van der Waals surface area contributed by atoms with Gasteiger partial charge in [-0.05, 0) is 43.9 Å². The molecule has 126 valence electrons. The number of benzene rings is 1. The number of rotatable bonds is 5. The van der Waals surface area contributed by atoms with E-state index in [-0.39, 0.29) is 11.8 Å². The maximum atomic E-state index is 12.5. The van der Waals surface area contributed by atoms with Crippen LogP contribution in [0.2, 0.25) is 0 Å². The fraction of sp³-hybridized carbons (Fsp3) is 0.556. The minimum atomic E-state index is -0.405. The van der Waals surface area contributed by atoms with Crippen LogP contribution < -0.4 is 10.6 Å². The number of carbonyl (C=O) groups excluding carboxylic acids is 2. The molecule has 1 fully saturated rings. The number of nitrogens with zero attached hydrogens (tertiary/aromatic N) is 1. The van der Waals surface area contributed by atoms with E-state index in [4.69, 9.17) is 0 Å². The second-order valence-electron chi connectivity index (χ2n) is 6.73. The summed E-state index contributed by atoms with van der Waals surface area (Å²) in [6.45, 7) is 9.07. The molecule has 0 radical (unpaired) electrons. The number of hydrogen-bond acceptors (Lipinski definition) is 3. The molecule has 0 unspecified atom stereocenters. The number of likely N-dealkylation sites (tertiary alicyclic amines) is 1. The Kier molecular flexibility index (Phi) is 5.29. The lowest BCUT2D eigenvalue weighted by Gasteiger charge is -2.21. The molecule has 2 rings (SSSR count). The zero-order chi connectivity index (χ0) is 17.1. The second kappa shape index (κ2) is 7.02. The largest absolute Gasteiger partial charge is 0.382 e. The quantitative estimate of drug-likeness (QED) is 0.877. The average Bonchev–Trinajstić information content (AvgIpc) is 2.81. The predicted octanol–water partition coefficient (Wildman–Crippen LogP) is 2.41. The third-order valence-corrected chi connectivity index (χ3v) is 4.69. The van der Waals surface area contributed by atoms with Crippen molar-refractivity contribution in [3.8, 4) is 0 Å². The fourth-order valence-electron chi connectivity index (χ4n) is 2.64. The molecule has 1 aliphatic heterocycles. The Bertz CT molecular complexity index is 598. The zero-order valence-corrected chi connectivity index (χ0v) is 14.6. The average molecular weight is 317 g/mol. The van der Waals surface area contributed by atoms with Crippen molar-refractivity contribution in [1.82, 2.24) is 10.2 Å². The molecule has 1 aromatic rings. The van der Waals surface area contributed by atoms with Crippen LogP contribution in [0.25, 0.3) is 0 Å². The number of anilines is 1. The lowest BCUT2D eigenvalue weighted by molar-refractivity contribution is -0.128.